The van der Waals surface area contributed by atoms with E-state index in [2.05, 4.69) is 5.32 Å². The van der Waals surface area contributed by atoms with Crippen LogP contribution in [0.3, 0.4) is 0 Å². The molecule has 1 aromatic carbocycles. The number of carbonyl (C=O) groups is 1. The third-order valence-corrected chi connectivity index (χ3v) is 2.36. The number of ether oxygens (including phenoxy) is 1. The van der Waals surface area contributed by atoms with Crippen LogP contribution in [0.1, 0.15) is 18.1 Å². The fourth-order valence-corrected chi connectivity index (χ4v) is 1.19. The fraction of sp³-hybridized carbons (Fsp3) is 0.333. The zero-order valence-corrected chi connectivity index (χ0v) is 9.66. The van der Waals surface area contributed by atoms with Crippen LogP contribution in [0.4, 0.5) is 4.39 Å². The van der Waals surface area contributed by atoms with Gasteiger partial charge in [0.2, 0.25) is 5.91 Å². The van der Waals surface area contributed by atoms with Crippen LogP contribution < -0.4 is 5.32 Å². The lowest BCUT2D eigenvalue weighted by atomic mass is 10.1. The lowest BCUT2D eigenvalue weighted by molar-refractivity contribution is -0.130. The van der Waals surface area contributed by atoms with Crippen LogP contribution in [0, 0.1) is 17.1 Å². The first-order valence-electron chi connectivity index (χ1n) is 5.07. The normalized spacial score (nSPS) is 11.6. The number of hydrogen-bond donors (Lipinski definition) is 1. The van der Waals surface area contributed by atoms with Crippen molar-refractivity contribution in [1.82, 2.24) is 5.32 Å². The van der Waals surface area contributed by atoms with Crippen molar-refractivity contribution in [1.29, 1.82) is 5.26 Å². The highest BCUT2D eigenvalue weighted by molar-refractivity contribution is 5.80. The number of methoxy groups -OCH3 is 1. The average molecular weight is 236 g/mol. The van der Waals surface area contributed by atoms with Crippen molar-refractivity contribution in [2.24, 2.45) is 0 Å². The van der Waals surface area contributed by atoms with Gasteiger partial charge in [-0.1, -0.05) is 6.07 Å². The molecule has 0 radical (unpaired) electrons. The Hall–Kier alpha value is -1.93. The number of carbonyl (C=O) groups excluding carboxylic acids is 1. The Bertz CT molecular complexity index is 454. The van der Waals surface area contributed by atoms with E-state index in [1.807, 2.05) is 6.07 Å². The van der Waals surface area contributed by atoms with Gasteiger partial charge in [0.1, 0.15) is 11.9 Å². The van der Waals surface area contributed by atoms with Gasteiger partial charge in [-0.15, -0.1) is 0 Å². The standard InChI is InChI=1S/C12H13FN2O2/c1-8(17-2)12(16)15-7-10-4-3-9(6-14)5-11(10)13/h3-5,8H,7H2,1-2H3,(H,15,16). The molecule has 0 aromatic heterocycles. The maximum Gasteiger partial charge on any atom is 0.249 e. The largest absolute Gasteiger partial charge is 0.372 e. The predicted octanol–water partition coefficient (Wildman–Crippen LogP) is 1.35. The summed E-state index contributed by atoms with van der Waals surface area (Å²) in [4.78, 5) is 11.4. The molecule has 17 heavy (non-hydrogen) atoms. The second-order valence-electron chi connectivity index (χ2n) is 3.51. The van der Waals surface area contributed by atoms with Gasteiger partial charge in [-0.25, -0.2) is 4.39 Å². The minimum absolute atomic E-state index is 0.0735. The third-order valence-electron chi connectivity index (χ3n) is 2.36. The van der Waals surface area contributed by atoms with Gasteiger partial charge in [-0.3, -0.25) is 4.79 Å². The van der Waals surface area contributed by atoms with Crippen LogP contribution in [-0.4, -0.2) is 19.1 Å². The van der Waals surface area contributed by atoms with Crippen LogP contribution in [-0.2, 0) is 16.1 Å². The van der Waals surface area contributed by atoms with E-state index >= 15 is 0 Å². The Balaban J connectivity index is 2.65. The first kappa shape index (κ1) is 13.1. The molecule has 0 aliphatic rings. The Morgan fingerprint density at radius 2 is 2.35 bits per heavy atom. The third kappa shape index (κ3) is 3.54. The summed E-state index contributed by atoms with van der Waals surface area (Å²) < 4.78 is 18.3. The van der Waals surface area contributed by atoms with Gasteiger partial charge < -0.3 is 10.1 Å². The van der Waals surface area contributed by atoms with E-state index in [0.29, 0.717) is 5.56 Å². The van der Waals surface area contributed by atoms with E-state index in [-0.39, 0.29) is 18.0 Å². The van der Waals surface area contributed by atoms with E-state index in [1.54, 1.807) is 6.92 Å². The molecule has 1 N–H and O–H groups in total. The SMILES string of the molecule is COC(C)C(=O)NCc1ccc(C#N)cc1F. The van der Waals surface area contributed by atoms with Gasteiger partial charge in [-0.2, -0.15) is 5.26 Å². The second kappa shape index (κ2) is 5.97. The molecule has 0 heterocycles. The summed E-state index contributed by atoms with van der Waals surface area (Å²) in [5.74, 6) is -0.814. The van der Waals surface area contributed by atoms with Gasteiger partial charge >= 0.3 is 0 Å². The van der Waals surface area contributed by atoms with Crippen LogP contribution >= 0.6 is 0 Å². The fourth-order valence-electron chi connectivity index (χ4n) is 1.19. The molecule has 5 heteroatoms. The molecular weight excluding hydrogens is 223 g/mol. The molecule has 0 fully saturated rings. The van der Waals surface area contributed by atoms with E-state index in [4.69, 9.17) is 10.00 Å². The minimum atomic E-state index is -0.573. The quantitative estimate of drug-likeness (QED) is 0.858. The molecule has 0 aliphatic carbocycles. The number of nitrogens with one attached hydrogen (secondary N) is 1. The van der Waals surface area contributed by atoms with Gasteiger partial charge in [0.25, 0.3) is 0 Å². The lowest BCUT2D eigenvalue weighted by Gasteiger charge is -2.10. The molecular formula is C12H13FN2O2. The lowest BCUT2D eigenvalue weighted by Crippen LogP contribution is -2.33. The molecule has 4 nitrogen and oxygen atoms in total. The van der Waals surface area contributed by atoms with Crippen LogP contribution in [0.5, 0.6) is 0 Å². The number of hydrogen-bond acceptors (Lipinski definition) is 3. The van der Waals surface area contributed by atoms with Gasteiger partial charge in [0.05, 0.1) is 11.6 Å². The summed E-state index contributed by atoms with van der Waals surface area (Å²) in [5.41, 5.74) is 0.587. The number of rotatable bonds is 4. The first-order valence-corrected chi connectivity index (χ1v) is 5.07. The minimum Gasteiger partial charge on any atom is -0.372 e. The van der Waals surface area contributed by atoms with E-state index < -0.39 is 11.9 Å². The van der Waals surface area contributed by atoms with E-state index in [1.165, 1.54) is 19.2 Å². The van der Waals surface area contributed by atoms with Gasteiger partial charge in [0.15, 0.2) is 0 Å². The number of halogens is 1. The molecule has 1 unspecified atom stereocenters. The summed E-state index contributed by atoms with van der Waals surface area (Å²) >= 11 is 0. The highest BCUT2D eigenvalue weighted by atomic mass is 19.1. The van der Waals surface area contributed by atoms with Crippen molar-refractivity contribution in [3.8, 4) is 6.07 Å². The average Bonchev–Trinajstić information content (AvgIpc) is 2.35. The van der Waals surface area contributed by atoms with Crippen LogP contribution in [0.15, 0.2) is 18.2 Å². The molecule has 0 spiro atoms. The summed E-state index contributed by atoms with van der Waals surface area (Å²) in [6.07, 6.45) is -0.573. The Morgan fingerprint density at radius 3 is 2.88 bits per heavy atom. The summed E-state index contributed by atoms with van der Waals surface area (Å²) in [5, 5.41) is 11.1. The predicted molar refractivity (Wildman–Crippen MR) is 59.4 cm³/mol. The number of nitriles is 1. The zero-order chi connectivity index (χ0) is 12.8. The summed E-state index contributed by atoms with van der Waals surface area (Å²) in [6, 6.07) is 5.96. The maximum absolute atomic E-state index is 13.4. The molecule has 1 aromatic rings. The van der Waals surface area contributed by atoms with Crippen molar-refractivity contribution in [2.75, 3.05) is 7.11 Å². The van der Waals surface area contributed by atoms with Crippen molar-refractivity contribution in [2.45, 2.75) is 19.6 Å². The number of nitrogens with zero attached hydrogens (tertiary/aromatic N) is 1. The monoisotopic (exact) mass is 236 g/mol. The van der Waals surface area contributed by atoms with Crippen LogP contribution in [0.2, 0.25) is 0 Å². The summed E-state index contributed by atoms with van der Waals surface area (Å²) in [6.45, 7) is 1.68. The number of amides is 1. The summed E-state index contributed by atoms with van der Waals surface area (Å²) in [7, 11) is 1.42. The van der Waals surface area contributed by atoms with Crippen molar-refractivity contribution >= 4 is 5.91 Å². The Kier molecular flexibility index (Phi) is 4.61. The molecule has 90 valence electrons. The van der Waals surface area contributed by atoms with Crippen molar-refractivity contribution < 1.29 is 13.9 Å². The molecule has 0 bridgehead atoms. The smallest absolute Gasteiger partial charge is 0.249 e. The van der Waals surface area contributed by atoms with Crippen LogP contribution in [0.25, 0.3) is 0 Å². The highest BCUT2D eigenvalue weighted by Crippen LogP contribution is 2.09. The van der Waals surface area contributed by atoms with E-state index in [0.717, 1.165) is 6.07 Å². The molecule has 0 aliphatic heterocycles. The Labute approximate surface area is 99.0 Å². The molecule has 1 rings (SSSR count). The maximum atomic E-state index is 13.4. The zero-order valence-electron chi connectivity index (χ0n) is 9.66. The molecule has 0 saturated heterocycles. The molecule has 1 amide bonds. The van der Waals surface area contributed by atoms with Crippen molar-refractivity contribution in [3.63, 3.8) is 0 Å². The molecule has 1 atom stereocenters. The molecule has 0 saturated carbocycles. The second-order valence-corrected chi connectivity index (χ2v) is 3.51. The van der Waals surface area contributed by atoms with Crippen molar-refractivity contribution in [3.05, 3.63) is 35.1 Å². The number of benzene rings is 1. The van der Waals surface area contributed by atoms with Gasteiger partial charge in [-0.05, 0) is 19.1 Å². The van der Waals surface area contributed by atoms with E-state index in [9.17, 15) is 9.18 Å². The Morgan fingerprint density at radius 1 is 1.65 bits per heavy atom. The highest BCUT2D eigenvalue weighted by Gasteiger charge is 2.11. The topological polar surface area (TPSA) is 62.1 Å². The van der Waals surface area contributed by atoms with Gasteiger partial charge in [0, 0.05) is 19.2 Å². The first-order chi connectivity index (χ1) is 8.08.